The van der Waals surface area contributed by atoms with E-state index in [2.05, 4.69) is 5.73 Å². The molecule has 3 N–H and O–H groups in total. The maximum atomic E-state index is 12.4. The monoisotopic (exact) mass is 396 g/mol. The van der Waals surface area contributed by atoms with Gasteiger partial charge in [-0.25, -0.2) is 0 Å². The largest absolute Gasteiger partial charge is 0.461 e. The molecule has 1 aliphatic carbocycles. The van der Waals surface area contributed by atoms with Crippen LogP contribution in [-0.2, 0) is 27.4 Å². The van der Waals surface area contributed by atoms with E-state index in [1.165, 1.54) is 0 Å². The summed E-state index contributed by atoms with van der Waals surface area (Å²) in [6, 6.07) is 17.0. The molecule has 2 aromatic carbocycles. The van der Waals surface area contributed by atoms with E-state index >= 15 is 0 Å². The van der Waals surface area contributed by atoms with Gasteiger partial charge in [0.15, 0.2) is 0 Å². The third-order valence-corrected chi connectivity index (χ3v) is 5.59. The number of hydrogen-bond acceptors (Lipinski definition) is 4. The van der Waals surface area contributed by atoms with Gasteiger partial charge >= 0.3 is 11.9 Å². The number of carbonyl (C=O) groups is 2. The normalized spacial score (nSPS) is 18.8. The van der Waals surface area contributed by atoms with Crippen LogP contribution in [0.2, 0.25) is 0 Å². The summed E-state index contributed by atoms with van der Waals surface area (Å²) in [5, 5.41) is 0. The van der Waals surface area contributed by atoms with Gasteiger partial charge in [0.25, 0.3) is 0 Å². The molecule has 2 aromatic rings. The lowest BCUT2D eigenvalue weighted by Crippen LogP contribution is -2.54. The van der Waals surface area contributed by atoms with Crippen LogP contribution in [0, 0.1) is 11.8 Å². The highest BCUT2D eigenvalue weighted by molar-refractivity contribution is 5.75. The second kappa shape index (κ2) is 10.8. The van der Waals surface area contributed by atoms with Crippen LogP contribution in [0.1, 0.15) is 43.2 Å². The summed E-state index contributed by atoms with van der Waals surface area (Å²) in [6.45, 7) is 1.24. The van der Waals surface area contributed by atoms with Crippen LogP contribution in [0.3, 0.4) is 0 Å². The Morgan fingerprint density at radius 3 is 2.24 bits per heavy atom. The quantitative estimate of drug-likeness (QED) is 0.548. The Bertz CT molecular complexity index is 780. The van der Waals surface area contributed by atoms with E-state index in [1.807, 2.05) is 42.5 Å². The van der Waals surface area contributed by atoms with Crippen LogP contribution in [0.25, 0.3) is 0 Å². The summed E-state index contributed by atoms with van der Waals surface area (Å²) in [5.41, 5.74) is 5.95. The van der Waals surface area contributed by atoms with Crippen LogP contribution in [0.5, 0.6) is 5.75 Å². The summed E-state index contributed by atoms with van der Waals surface area (Å²) in [6.07, 6.45) is 4.81. The minimum Gasteiger partial charge on any atom is -0.461 e. The summed E-state index contributed by atoms with van der Waals surface area (Å²) in [5.74, 6) is 0.853. The molecule has 0 heterocycles. The number of hydrogen-bond donors (Lipinski definition) is 1. The topological polar surface area (TPSA) is 80.2 Å². The van der Waals surface area contributed by atoms with E-state index in [9.17, 15) is 9.59 Å². The molecule has 0 amide bonds. The van der Waals surface area contributed by atoms with Gasteiger partial charge in [-0.05, 0) is 55.4 Å². The molecule has 5 nitrogen and oxygen atoms in total. The number of carbonyl (C=O) groups excluding carboxylic acids is 2. The van der Waals surface area contributed by atoms with Crippen molar-refractivity contribution in [3.8, 4) is 5.75 Å². The van der Waals surface area contributed by atoms with Gasteiger partial charge in [-0.15, -0.1) is 0 Å². The zero-order chi connectivity index (χ0) is 20.5. The lowest BCUT2D eigenvalue weighted by molar-refractivity contribution is -0.380. The third-order valence-electron chi connectivity index (χ3n) is 5.59. The molecule has 3 rings (SSSR count). The Balaban J connectivity index is 1.39. The highest BCUT2D eigenvalue weighted by Gasteiger charge is 2.27. The van der Waals surface area contributed by atoms with Crippen molar-refractivity contribution in [3.05, 3.63) is 65.7 Å². The highest BCUT2D eigenvalue weighted by atomic mass is 16.5. The minimum absolute atomic E-state index is 0.00291. The van der Waals surface area contributed by atoms with Crippen molar-refractivity contribution >= 4 is 11.9 Å². The minimum atomic E-state index is -0.220. The highest BCUT2D eigenvalue weighted by Crippen LogP contribution is 2.29. The number of benzene rings is 2. The number of esters is 2. The Morgan fingerprint density at radius 2 is 1.59 bits per heavy atom. The molecule has 0 radical (unpaired) electrons. The van der Waals surface area contributed by atoms with Crippen LogP contribution in [0.4, 0.5) is 0 Å². The fraction of sp³-hybridized carbons (Fsp3) is 0.417. The van der Waals surface area contributed by atoms with Gasteiger partial charge in [-0.2, -0.15) is 0 Å². The second-order valence-corrected chi connectivity index (χ2v) is 7.72. The van der Waals surface area contributed by atoms with Gasteiger partial charge in [0, 0.05) is 12.3 Å². The number of aryl methyl sites for hydroxylation is 1. The van der Waals surface area contributed by atoms with E-state index < -0.39 is 0 Å². The number of quaternary nitrogens is 1. The van der Waals surface area contributed by atoms with Gasteiger partial charge in [0.05, 0.1) is 12.5 Å². The maximum Gasteiger partial charge on any atom is 0.314 e. The first-order valence-corrected chi connectivity index (χ1v) is 10.4. The van der Waals surface area contributed by atoms with Crippen molar-refractivity contribution in [1.82, 2.24) is 0 Å². The van der Waals surface area contributed by atoms with Crippen LogP contribution in [-0.4, -0.2) is 18.5 Å². The Morgan fingerprint density at radius 1 is 0.897 bits per heavy atom. The number of rotatable bonds is 8. The molecule has 0 aliphatic heterocycles. The number of ether oxygens (including phenoxy) is 2. The lowest BCUT2D eigenvalue weighted by Gasteiger charge is -2.25. The summed E-state index contributed by atoms with van der Waals surface area (Å²) < 4.78 is 10.8. The molecule has 0 atom stereocenters. The van der Waals surface area contributed by atoms with E-state index in [4.69, 9.17) is 9.47 Å². The van der Waals surface area contributed by atoms with Crippen molar-refractivity contribution in [3.63, 3.8) is 0 Å². The standard InChI is InChI=1S/C24H29NO4/c25-16-19-6-11-21(12-7-19)24(27)29-22-13-8-18(9-14-22)10-15-23(26)28-17-20-4-2-1-3-5-20/h1-5,8-9,13-14,19,21H,6-7,10-12,15-17,25H2/p+1. The van der Waals surface area contributed by atoms with Gasteiger partial charge in [0.2, 0.25) is 0 Å². The van der Waals surface area contributed by atoms with Crippen molar-refractivity contribution in [1.29, 1.82) is 0 Å². The summed E-state index contributed by atoms with van der Waals surface area (Å²) in [4.78, 5) is 24.3. The van der Waals surface area contributed by atoms with Gasteiger partial charge < -0.3 is 15.2 Å². The SMILES string of the molecule is [NH3+]CC1CCC(C(=O)Oc2ccc(CCC(=O)OCc3ccccc3)cc2)CC1. The van der Waals surface area contributed by atoms with Crippen molar-refractivity contribution in [2.24, 2.45) is 11.8 Å². The first-order chi connectivity index (χ1) is 14.1. The molecule has 1 saturated carbocycles. The molecule has 5 heteroatoms. The Labute approximate surface area is 172 Å². The average molecular weight is 397 g/mol. The van der Waals surface area contributed by atoms with E-state index in [-0.39, 0.29) is 17.9 Å². The molecule has 1 fully saturated rings. The lowest BCUT2D eigenvalue weighted by atomic mass is 9.82. The van der Waals surface area contributed by atoms with E-state index in [0.717, 1.165) is 43.4 Å². The molecular weight excluding hydrogens is 366 g/mol. The molecule has 0 bridgehead atoms. The fourth-order valence-electron chi connectivity index (χ4n) is 3.67. The molecular formula is C24H30NO4+. The molecule has 0 unspecified atom stereocenters. The van der Waals surface area contributed by atoms with Gasteiger partial charge in [-0.3, -0.25) is 9.59 Å². The smallest absolute Gasteiger partial charge is 0.314 e. The second-order valence-electron chi connectivity index (χ2n) is 7.72. The fourth-order valence-corrected chi connectivity index (χ4v) is 3.67. The molecule has 154 valence electrons. The average Bonchev–Trinajstić information content (AvgIpc) is 2.78. The zero-order valence-electron chi connectivity index (χ0n) is 16.8. The zero-order valence-corrected chi connectivity index (χ0v) is 16.8. The molecule has 29 heavy (non-hydrogen) atoms. The van der Waals surface area contributed by atoms with Crippen molar-refractivity contribution in [2.75, 3.05) is 6.54 Å². The van der Waals surface area contributed by atoms with Gasteiger partial charge in [0.1, 0.15) is 12.4 Å². The van der Waals surface area contributed by atoms with E-state index in [0.29, 0.717) is 31.1 Å². The predicted octanol–water partition coefficient (Wildman–Crippen LogP) is 3.32. The molecule has 0 aromatic heterocycles. The van der Waals surface area contributed by atoms with Crippen molar-refractivity contribution < 1.29 is 24.8 Å². The first kappa shape index (κ1) is 21.1. The van der Waals surface area contributed by atoms with Crippen molar-refractivity contribution in [2.45, 2.75) is 45.1 Å². The summed E-state index contributed by atoms with van der Waals surface area (Å²) in [7, 11) is 0. The first-order valence-electron chi connectivity index (χ1n) is 10.4. The van der Waals surface area contributed by atoms with Crippen LogP contribution >= 0.6 is 0 Å². The van der Waals surface area contributed by atoms with E-state index in [1.54, 1.807) is 12.1 Å². The third kappa shape index (κ3) is 6.71. The van der Waals surface area contributed by atoms with Gasteiger partial charge in [-0.1, -0.05) is 42.5 Å². The van der Waals surface area contributed by atoms with Crippen LogP contribution in [0.15, 0.2) is 54.6 Å². The Hall–Kier alpha value is -2.66. The van der Waals surface area contributed by atoms with Crippen LogP contribution < -0.4 is 10.5 Å². The maximum absolute atomic E-state index is 12.4. The Kier molecular flexibility index (Phi) is 7.82. The predicted molar refractivity (Wildman–Crippen MR) is 110 cm³/mol. The molecule has 0 saturated heterocycles. The molecule has 0 spiro atoms. The molecule has 1 aliphatic rings. The summed E-state index contributed by atoms with van der Waals surface area (Å²) >= 11 is 0.